The highest BCUT2D eigenvalue weighted by Crippen LogP contribution is 2.21. The number of amides is 1. The van der Waals surface area contributed by atoms with Crippen LogP contribution in [-0.2, 0) is 15.1 Å². The van der Waals surface area contributed by atoms with E-state index in [1.807, 2.05) is 6.07 Å². The predicted molar refractivity (Wildman–Crippen MR) is 78.7 cm³/mol. The first-order chi connectivity index (χ1) is 9.54. The summed E-state index contributed by atoms with van der Waals surface area (Å²) in [7, 11) is 0. The summed E-state index contributed by atoms with van der Waals surface area (Å²) in [4.78, 5) is 23.8. The molecule has 1 heterocycles. The summed E-state index contributed by atoms with van der Waals surface area (Å²) in [5.74, 6) is 0.293. The van der Waals surface area contributed by atoms with Gasteiger partial charge in [-0.1, -0.05) is 30.3 Å². The molecular weight excluding hydrogens is 276 g/mol. The number of nitrogens with one attached hydrogen (secondary N) is 2. The van der Waals surface area contributed by atoms with Gasteiger partial charge in [-0.3, -0.25) is 4.79 Å². The van der Waals surface area contributed by atoms with Crippen LogP contribution < -0.4 is 10.6 Å². The van der Waals surface area contributed by atoms with Gasteiger partial charge in [-0.2, -0.15) is 11.8 Å². The van der Waals surface area contributed by atoms with Gasteiger partial charge in [0.1, 0.15) is 0 Å². The number of hydrogen-bond acceptors (Lipinski definition) is 4. The minimum Gasteiger partial charge on any atom is -0.479 e. The van der Waals surface area contributed by atoms with Crippen LogP contribution in [0.3, 0.4) is 0 Å². The molecule has 0 saturated carbocycles. The van der Waals surface area contributed by atoms with Crippen molar-refractivity contribution in [1.82, 2.24) is 10.6 Å². The molecule has 108 valence electrons. The van der Waals surface area contributed by atoms with Crippen molar-refractivity contribution in [2.24, 2.45) is 0 Å². The summed E-state index contributed by atoms with van der Waals surface area (Å²) in [6.07, 6.45) is 0. The molecule has 0 aliphatic carbocycles. The molecule has 2 rings (SSSR count). The number of carbonyl (C=O) groups is 2. The summed E-state index contributed by atoms with van der Waals surface area (Å²) < 4.78 is 0. The third-order valence-corrected chi connectivity index (χ3v) is 4.45. The smallest absolute Gasteiger partial charge is 0.333 e. The summed E-state index contributed by atoms with van der Waals surface area (Å²) in [5, 5.41) is 15.3. The normalized spacial score (nSPS) is 21.8. The fraction of sp³-hybridized carbons (Fsp3) is 0.429. The molecule has 1 saturated heterocycles. The number of hydrogen-bond donors (Lipinski definition) is 3. The number of carboxylic acid groups (broad SMARTS) is 1. The van der Waals surface area contributed by atoms with Crippen molar-refractivity contribution in [2.45, 2.75) is 18.5 Å². The molecule has 1 aliphatic rings. The van der Waals surface area contributed by atoms with E-state index in [4.69, 9.17) is 0 Å². The Morgan fingerprint density at radius 1 is 1.40 bits per heavy atom. The lowest BCUT2D eigenvalue weighted by molar-refractivity contribution is -0.147. The van der Waals surface area contributed by atoms with Crippen LogP contribution in [-0.4, -0.2) is 41.1 Å². The average molecular weight is 294 g/mol. The second kappa shape index (κ2) is 6.28. The maximum absolute atomic E-state index is 12.2. The Kier molecular flexibility index (Phi) is 4.67. The highest BCUT2D eigenvalue weighted by Gasteiger charge is 2.38. The van der Waals surface area contributed by atoms with Crippen molar-refractivity contribution in [1.29, 1.82) is 0 Å². The second-order valence-electron chi connectivity index (χ2n) is 4.87. The van der Waals surface area contributed by atoms with E-state index >= 15 is 0 Å². The quantitative estimate of drug-likeness (QED) is 0.766. The van der Waals surface area contributed by atoms with Gasteiger partial charge in [-0.15, -0.1) is 0 Å². The van der Waals surface area contributed by atoms with Crippen molar-refractivity contribution in [3.05, 3.63) is 35.9 Å². The molecule has 1 aromatic rings. The monoisotopic (exact) mass is 294 g/mol. The fourth-order valence-electron chi connectivity index (χ4n) is 2.09. The van der Waals surface area contributed by atoms with Crippen LogP contribution in [0.15, 0.2) is 30.3 Å². The Morgan fingerprint density at radius 2 is 2.10 bits per heavy atom. The van der Waals surface area contributed by atoms with E-state index < -0.39 is 11.5 Å². The van der Waals surface area contributed by atoms with Gasteiger partial charge >= 0.3 is 5.97 Å². The first-order valence-corrected chi connectivity index (χ1v) is 7.61. The van der Waals surface area contributed by atoms with Crippen molar-refractivity contribution in [2.75, 3.05) is 18.1 Å². The van der Waals surface area contributed by atoms with Gasteiger partial charge in [0.15, 0.2) is 5.54 Å². The molecule has 0 bridgehead atoms. The number of benzene rings is 1. The standard InChI is InChI=1S/C14H18N2O3S/c1-14(13(18)19,10-5-3-2-4-6-10)16-12(17)11-9-20-8-7-15-11/h2-6,11,15H,7-9H2,1H3,(H,16,17)(H,18,19). The molecule has 2 unspecified atom stereocenters. The molecular formula is C14H18N2O3S. The van der Waals surface area contributed by atoms with Crippen molar-refractivity contribution >= 4 is 23.6 Å². The minimum atomic E-state index is -1.41. The minimum absolute atomic E-state index is 0.272. The van der Waals surface area contributed by atoms with Crippen molar-refractivity contribution in [3.8, 4) is 0 Å². The van der Waals surface area contributed by atoms with Crippen molar-refractivity contribution in [3.63, 3.8) is 0 Å². The maximum atomic E-state index is 12.2. The van der Waals surface area contributed by atoms with Crippen LogP contribution in [0.4, 0.5) is 0 Å². The fourth-order valence-corrected chi connectivity index (χ4v) is 3.02. The Hall–Kier alpha value is -1.53. The van der Waals surface area contributed by atoms with E-state index in [2.05, 4.69) is 10.6 Å². The molecule has 0 spiro atoms. The largest absolute Gasteiger partial charge is 0.479 e. The molecule has 6 heteroatoms. The van der Waals surface area contributed by atoms with Gasteiger partial charge in [0, 0.05) is 18.1 Å². The first-order valence-electron chi connectivity index (χ1n) is 6.46. The van der Waals surface area contributed by atoms with Crippen LogP contribution in [0.25, 0.3) is 0 Å². The lowest BCUT2D eigenvalue weighted by atomic mass is 9.91. The third kappa shape index (κ3) is 3.13. The number of aliphatic carboxylic acids is 1. The molecule has 3 N–H and O–H groups in total. The van der Waals surface area contributed by atoms with E-state index in [0.29, 0.717) is 11.3 Å². The zero-order valence-corrected chi connectivity index (χ0v) is 12.1. The molecule has 5 nitrogen and oxygen atoms in total. The van der Waals surface area contributed by atoms with Gasteiger partial charge in [0.05, 0.1) is 6.04 Å². The van der Waals surface area contributed by atoms with Gasteiger partial charge in [0.2, 0.25) is 5.91 Å². The third-order valence-electron chi connectivity index (χ3n) is 3.39. The second-order valence-corrected chi connectivity index (χ2v) is 6.02. The summed E-state index contributed by atoms with van der Waals surface area (Å²) in [5.41, 5.74) is -0.855. The van der Waals surface area contributed by atoms with Crippen LogP contribution in [0.1, 0.15) is 12.5 Å². The van der Waals surface area contributed by atoms with Crippen LogP contribution in [0.5, 0.6) is 0 Å². The highest BCUT2D eigenvalue weighted by molar-refractivity contribution is 7.99. The molecule has 0 radical (unpaired) electrons. The SMILES string of the molecule is CC(NC(=O)C1CSCCN1)(C(=O)O)c1ccccc1. The maximum Gasteiger partial charge on any atom is 0.333 e. The van der Waals surface area contributed by atoms with E-state index in [-0.39, 0.29) is 11.9 Å². The first kappa shape index (κ1) is 14.9. The van der Waals surface area contributed by atoms with Gasteiger partial charge in [-0.05, 0) is 12.5 Å². The molecule has 1 amide bonds. The zero-order valence-electron chi connectivity index (χ0n) is 11.3. The number of carbonyl (C=O) groups excluding carboxylic acids is 1. The Morgan fingerprint density at radius 3 is 2.65 bits per heavy atom. The van der Waals surface area contributed by atoms with Crippen LogP contribution >= 0.6 is 11.8 Å². The summed E-state index contributed by atoms with van der Waals surface area (Å²) >= 11 is 1.69. The number of carboxylic acids is 1. The number of rotatable bonds is 4. The van der Waals surface area contributed by atoms with Gasteiger partial charge < -0.3 is 15.7 Å². The molecule has 2 atom stereocenters. The van der Waals surface area contributed by atoms with E-state index in [0.717, 1.165) is 12.3 Å². The Bertz CT molecular complexity index is 488. The lowest BCUT2D eigenvalue weighted by Gasteiger charge is -2.30. The number of thioether (sulfide) groups is 1. The topological polar surface area (TPSA) is 78.4 Å². The van der Waals surface area contributed by atoms with Crippen molar-refractivity contribution < 1.29 is 14.7 Å². The molecule has 1 aliphatic heterocycles. The zero-order chi connectivity index (χ0) is 14.6. The van der Waals surface area contributed by atoms with Crippen LogP contribution in [0, 0.1) is 0 Å². The molecule has 0 aromatic heterocycles. The molecule has 20 heavy (non-hydrogen) atoms. The van der Waals surface area contributed by atoms with Crippen LogP contribution in [0.2, 0.25) is 0 Å². The summed E-state index contributed by atoms with van der Waals surface area (Å²) in [6.45, 7) is 2.27. The lowest BCUT2D eigenvalue weighted by Crippen LogP contribution is -2.57. The Balaban J connectivity index is 2.17. The summed E-state index contributed by atoms with van der Waals surface area (Å²) in [6, 6.07) is 8.41. The van der Waals surface area contributed by atoms with Gasteiger partial charge in [0.25, 0.3) is 0 Å². The highest BCUT2D eigenvalue weighted by atomic mass is 32.2. The average Bonchev–Trinajstić information content (AvgIpc) is 2.48. The van der Waals surface area contributed by atoms with E-state index in [9.17, 15) is 14.7 Å². The molecule has 1 fully saturated rings. The van der Waals surface area contributed by atoms with E-state index in [1.165, 1.54) is 6.92 Å². The Labute approximate surface area is 122 Å². The van der Waals surface area contributed by atoms with E-state index in [1.54, 1.807) is 36.0 Å². The molecule has 1 aromatic carbocycles. The van der Waals surface area contributed by atoms with Gasteiger partial charge in [-0.25, -0.2) is 4.79 Å². The predicted octanol–water partition coefficient (Wildman–Crippen LogP) is 0.808.